The Bertz CT molecular complexity index is 952. The van der Waals surface area contributed by atoms with Crippen LogP contribution in [0.25, 0.3) is 0 Å². The third-order valence-electron chi connectivity index (χ3n) is 5.91. The van der Waals surface area contributed by atoms with Crippen molar-refractivity contribution < 1.29 is 8.42 Å². The van der Waals surface area contributed by atoms with Crippen molar-refractivity contribution in [2.24, 2.45) is 22.2 Å². The number of rotatable bonds is 11. The first-order chi connectivity index (χ1) is 17.0. The van der Waals surface area contributed by atoms with Gasteiger partial charge in [-0.1, -0.05) is 75.2 Å². The summed E-state index contributed by atoms with van der Waals surface area (Å²) in [7, 11) is -0.956. The van der Waals surface area contributed by atoms with E-state index in [9.17, 15) is 13.2 Å². The van der Waals surface area contributed by atoms with Gasteiger partial charge in [-0.3, -0.25) is 14.8 Å². The smallest absolute Gasteiger partial charge is 0.255 e. The van der Waals surface area contributed by atoms with Gasteiger partial charge < -0.3 is 4.90 Å². The molecule has 1 aromatic heterocycles. The summed E-state index contributed by atoms with van der Waals surface area (Å²) >= 11 is 0. The second-order valence-electron chi connectivity index (χ2n) is 11.3. The summed E-state index contributed by atoms with van der Waals surface area (Å²) < 4.78 is 20.7. The van der Waals surface area contributed by atoms with Gasteiger partial charge in [0.25, 0.3) is 5.56 Å². The molecule has 8 heteroatoms. The van der Waals surface area contributed by atoms with Crippen LogP contribution in [0.5, 0.6) is 0 Å². The van der Waals surface area contributed by atoms with E-state index < -0.39 is 9.84 Å². The lowest BCUT2D eigenvalue weighted by Gasteiger charge is -2.30. The van der Waals surface area contributed by atoms with E-state index in [2.05, 4.69) is 63.3 Å². The van der Waals surface area contributed by atoms with Gasteiger partial charge in [0.05, 0.1) is 16.7 Å². The molecule has 0 saturated carbocycles. The molecular weight excluding hydrogens is 484 g/mol. The van der Waals surface area contributed by atoms with Crippen LogP contribution < -0.4 is 10.5 Å². The molecule has 218 valence electrons. The minimum absolute atomic E-state index is 0.0679. The first-order valence-electron chi connectivity index (χ1n) is 14.0. The molecule has 0 unspecified atom stereocenters. The molecule has 37 heavy (non-hydrogen) atoms. The maximum Gasteiger partial charge on any atom is 0.255 e. The second kappa shape index (κ2) is 17.7. The number of H-pyrrole nitrogens is 1. The summed E-state index contributed by atoms with van der Waals surface area (Å²) in [4.78, 5) is 27.5. The number of hydrogen-bond donors (Lipinski definition) is 1. The lowest BCUT2D eigenvalue weighted by atomic mass is 9.86. The molecule has 1 heterocycles. The molecule has 0 spiro atoms. The normalized spacial score (nSPS) is 12.3. The van der Waals surface area contributed by atoms with Crippen molar-refractivity contribution in [3.63, 3.8) is 0 Å². The van der Waals surface area contributed by atoms with Crippen molar-refractivity contribution in [2.75, 3.05) is 31.3 Å². The Kier molecular flexibility index (Phi) is 18.0. The van der Waals surface area contributed by atoms with Crippen LogP contribution in [0.1, 0.15) is 113 Å². The first-order valence-corrected chi connectivity index (χ1v) is 16.0. The zero-order chi connectivity index (χ0) is 29.6. The first kappa shape index (κ1) is 37.5. The topological polar surface area (TPSA) is 95.5 Å². The van der Waals surface area contributed by atoms with Crippen molar-refractivity contribution in [1.29, 1.82) is 0 Å². The number of anilines is 1. The number of hydrogen-bond acceptors (Lipinski definition) is 6. The highest BCUT2D eigenvalue weighted by molar-refractivity contribution is 7.91. The van der Waals surface area contributed by atoms with Gasteiger partial charge in [-0.15, -0.1) is 0 Å². The van der Waals surface area contributed by atoms with Crippen LogP contribution in [0, 0.1) is 24.2 Å². The molecule has 0 radical (unpaired) electrons. The molecule has 7 nitrogen and oxygen atoms in total. The van der Waals surface area contributed by atoms with E-state index >= 15 is 0 Å². The minimum Gasteiger partial charge on any atom is -0.342 e. The fraction of sp³-hybridized carbons (Fsp3) is 0.828. The zero-order valence-corrected chi connectivity index (χ0v) is 27.3. The van der Waals surface area contributed by atoms with Crippen LogP contribution in [0.15, 0.2) is 9.79 Å². The van der Waals surface area contributed by atoms with Gasteiger partial charge in [0, 0.05) is 37.4 Å². The maximum absolute atomic E-state index is 12.8. The summed E-state index contributed by atoms with van der Waals surface area (Å²) in [6.45, 7) is 26.2. The van der Waals surface area contributed by atoms with Crippen molar-refractivity contribution >= 4 is 21.5 Å². The van der Waals surface area contributed by atoms with E-state index in [4.69, 9.17) is 4.98 Å². The molecule has 1 aromatic rings. The molecule has 0 aliphatic heterocycles. The summed E-state index contributed by atoms with van der Waals surface area (Å²) in [5, 5.41) is -0.229. The fourth-order valence-corrected chi connectivity index (χ4v) is 3.84. The van der Waals surface area contributed by atoms with Crippen LogP contribution >= 0.6 is 0 Å². The number of aromatic amines is 1. The number of aromatic nitrogens is 2. The fourth-order valence-electron chi connectivity index (χ4n) is 3.84. The predicted molar refractivity (Wildman–Crippen MR) is 163 cm³/mol. The minimum atomic E-state index is -2.74. The highest BCUT2D eigenvalue weighted by atomic mass is 32.2. The van der Waals surface area contributed by atoms with E-state index in [1.807, 2.05) is 20.8 Å². The van der Waals surface area contributed by atoms with E-state index in [0.29, 0.717) is 23.3 Å². The lowest BCUT2D eigenvalue weighted by molar-refractivity contribution is 0.423. The molecule has 1 N–H and O–H groups in total. The Morgan fingerprint density at radius 1 is 1.03 bits per heavy atom. The van der Waals surface area contributed by atoms with Gasteiger partial charge in [0.2, 0.25) is 5.95 Å². The van der Waals surface area contributed by atoms with E-state index in [0.717, 1.165) is 24.5 Å². The van der Waals surface area contributed by atoms with E-state index in [1.165, 1.54) is 31.9 Å². The van der Waals surface area contributed by atoms with Crippen molar-refractivity contribution in [3.05, 3.63) is 21.6 Å². The molecule has 0 atom stereocenters. The Labute approximate surface area is 228 Å². The van der Waals surface area contributed by atoms with Crippen LogP contribution in [0.2, 0.25) is 0 Å². The van der Waals surface area contributed by atoms with Gasteiger partial charge in [0.1, 0.15) is 9.84 Å². The predicted octanol–water partition coefficient (Wildman–Crippen LogP) is 6.69. The van der Waals surface area contributed by atoms with Crippen molar-refractivity contribution in [2.45, 2.75) is 114 Å². The lowest BCUT2D eigenvalue weighted by Crippen LogP contribution is -2.37. The van der Waals surface area contributed by atoms with Crippen LogP contribution in [-0.2, 0) is 9.84 Å². The molecule has 0 fully saturated rings. The van der Waals surface area contributed by atoms with Crippen LogP contribution in [-0.4, -0.2) is 55.7 Å². The van der Waals surface area contributed by atoms with Gasteiger partial charge in [0.15, 0.2) is 0 Å². The summed E-state index contributed by atoms with van der Waals surface area (Å²) in [5.41, 5.74) is 2.00. The van der Waals surface area contributed by atoms with Gasteiger partial charge in [-0.05, 0) is 45.4 Å². The van der Waals surface area contributed by atoms with Crippen molar-refractivity contribution in [3.8, 4) is 0 Å². The third-order valence-corrected chi connectivity index (χ3v) is 7.62. The largest absolute Gasteiger partial charge is 0.342 e. The number of nitrogens with zero attached hydrogens (tertiary/aromatic N) is 3. The SMILES string of the molecule is CC.CC(C)S(C)(=O)=O.CCCC(CCC)CN(CC(C)C)c1nc(C(=NC)C(C)(C)C)c(C)c(=O)[nH]1. The van der Waals surface area contributed by atoms with Crippen LogP contribution in [0.3, 0.4) is 0 Å². The Balaban J connectivity index is 0. The quantitative estimate of drug-likeness (QED) is 0.314. The molecule has 0 aliphatic rings. The number of aliphatic imine (C=N–C) groups is 1. The molecule has 0 aliphatic carbocycles. The summed E-state index contributed by atoms with van der Waals surface area (Å²) in [6.07, 6.45) is 6.00. The second-order valence-corrected chi connectivity index (χ2v) is 13.9. The Morgan fingerprint density at radius 3 is 1.81 bits per heavy atom. The highest BCUT2D eigenvalue weighted by Gasteiger charge is 2.26. The monoisotopic (exact) mass is 542 g/mol. The molecule has 0 aromatic carbocycles. The van der Waals surface area contributed by atoms with E-state index in [1.54, 1.807) is 20.9 Å². The maximum atomic E-state index is 12.8. The molecule has 0 amide bonds. The molecular formula is C29H58N4O3S. The average Bonchev–Trinajstić information content (AvgIpc) is 2.76. The Hall–Kier alpha value is -1.70. The van der Waals surface area contributed by atoms with E-state index in [-0.39, 0.29) is 16.2 Å². The molecule has 0 saturated heterocycles. The average molecular weight is 543 g/mol. The van der Waals surface area contributed by atoms with Crippen molar-refractivity contribution in [1.82, 2.24) is 9.97 Å². The zero-order valence-electron chi connectivity index (χ0n) is 26.4. The standard InChI is InChI=1S/C23H42N4O.C4H10O2S.C2H6/c1-10-12-18(13-11-2)15-27(14-16(3)4)22-25-19(17(5)21(28)26-22)20(24-9)23(6,7)8;1-4(2)7(3,5)6;1-2/h16,18H,10-15H2,1-9H3,(H,25,26,28);4H,1-3H3;1-2H3. The van der Waals surface area contributed by atoms with Gasteiger partial charge in [-0.2, -0.15) is 0 Å². The van der Waals surface area contributed by atoms with Gasteiger partial charge in [-0.25, -0.2) is 13.4 Å². The summed E-state index contributed by atoms with van der Waals surface area (Å²) in [6, 6.07) is 0. The summed E-state index contributed by atoms with van der Waals surface area (Å²) in [5.74, 6) is 1.79. The molecule has 1 rings (SSSR count). The number of nitrogens with one attached hydrogen (secondary N) is 1. The van der Waals surface area contributed by atoms with Crippen LogP contribution in [0.4, 0.5) is 5.95 Å². The van der Waals surface area contributed by atoms with Gasteiger partial charge >= 0.3 is 0 Å². The highest BCUT2D eigenvalue weighted by Crippen LogP contribution is 2.24. The Morgan fingerprint density at radius 2 is 1.49 bits per heavy atom. The molecule has 0 bridgehead atoms. The third kappa shape index (κ3) is 14.1. The number of sulfone groups is 1.